The predicted molar refractivity (Wildman–Crippen MR) is 83.4 cm³/mol. The second-order valence-corrected chi connectivity index (χ2v) is 8.13. The highest BCUT2D eigenvalue weighted by Gasteiger charge is 2.37. The molecule has 3 rings (SSSR count). The summed E-state index contributed by atoms with van der Waals surface area (Å²) in [6.07, 6.45) is 0. The summed E-state index contributed by atoms with van der Waals surface area (Å²) in [6.45, 7) is -0.228. The van der Waals surface area contributed by atoms with Crippen molar-refractivity contribution in [2.24, 2.45) is 0 Å². The van der Waals surface area contributed by atoms with Gasteiger partial charge >= 0.3 is 0 Å². The molecule has 24 heavy (non-hydrogen) atoms. The van der Waals surface area contributed by atoms with Crippen LogP contribution in [0.1, 0.15) is 0 Å². The van der Waals surface area contributed by atoms with E-state index < -0.39 is 27.2 Å². The molecule has 0 saturated carbocycles. The molecule has 1 N–H and O–H groups in total. The van der Waals surface area contributed by atoms with Crippen molar-refractivity contribution in [2.45, 2.75) is 18.0 Å². The maximum absolute atomic E-state index is 12.9. The number of hydrogen-bond donors (Lipinski definition) is 1. The molecule has 0 aliphatic carbocycles. The second-order valence-electron chi connectivity index (χ2n) is 5.42. The minimum absolute atomic E-state index is 0.157. The summed E-state index contributed by atoms with van der Waals surface area (Å²) in [5, 5.41) is 13.5. The molecule has 1 aromatic carbocycles. The SMILES string of the molecule is O=C(Cn1nnc(-c2ccc(F)cc2)n1)N[C@H]1CS(=O)(=O)C[C@@H]1Cl. The number of tetrazole rings is 1. The van der Waals surface area contributed by atoms with E-state index in [9.17, 15) is 17.6 Å². The molecule has 1 aliphatic heterocycles. The van der Waals surface area contributed by atoms with Crippen LogP contribution in [0.4, 0.5) is 4.39 Å². The molecule has 128 valence electrons. The standard InChI is InChI=1S/C13H13ClFN5O3S/c14-10-6-24(22,23)7-11(10)16-12(21)5-20-18-13(17-19-20)8-1-3-9(15)4-2-8/h1-4,10-11H,5-7H2,(H,16,21)/t10-,11-/m0/s1. The van der Waals surface area contributed by atoms with E-state index in [-0.39, 0.29) is 29.7 Å². The Morgan fingerprint density at radius 1 is 1.33 bits per heavy atom. The van der Waals surface area contributed by atoms with Gasteiger partial charge in [0, 0.05) is 5.56 Å². The number of hydrogen-bond acceptors (Lipinski definition) is 6. The average Bonchev–Trinajstić information content (AvgIpc) is 3.04. The number of alkyl halides is 1. The Kier molecular flexibility index (Phi) is 4.50. The third kappa shape index (κ3) is 3.88. The van der Waals surface area contributed by atoms with Crippen LogP contribution < -0.4 is 5.32 Å². The van der Waals surface area contributed by atoms with Crippen molar-refractivity contribution in [1.82, 2.24) is 25.5 Å². The van der Waals surface area contributed by atoms with Crippen molar-refractivity contribution < 1.29 is 17.6 Å². The molecule has 1 saturated heterocycles. The summed E-state index contributed by atoms with van der Waals surface area (Å²) in [4.78, 5) is 13.0. The molecule has 0 unspecified atom stereocenters. The third-order valence-corrected chi connectivity index (χ3v) is 5.85. The van der Waals surface area contributed by atoms with E-state index in [4.69, 9.17) is 11.6 Å². The number of carbonyl (C=O) groups is 1. The van der Waals surface area contributed by atoms with Crippen molar-refractivity contribution >= 4 is 27.3 Å². The molecule has 11 heteroatoms. The van der Waals surface area contributed by atoms with Crippen LogP contribution in [-0.2, 0) is 21.2 Å². The Hall–Kier alpha value is -2.07. The van der Waals surface area contributed by atoms with E-state index in [0.29, 0.717) is 5.56 Å². The number of nitrogens with one attached hydrogen (secondary N) is 1. The highest BCUT2D eigenvalue weighted by Crippen LogP contribution is 2.18. The number of carbonyl (C=O) groups excluding carboxylic acids is 1. The zero-order chi connectivity index (χ0) is 17.3. The molecule has 0 spiro atoms. The summed E-state index contributed by atoms with van der Waals surface area (Å²) >= 11 is 5.93. The summed E-state index contributed by atoms with van der Waals surface area (Å²) in [5.41, 5.74) is 0.561. The number of aromatic nitrogens is 4. The molecule has 2 atom stereocenters. The Morgan fingerprint density at radius 3 is 2.67 bits per heavy atom. The molecular formula is C13H13ClFN5O3S. The lowest BCUT2D eigenvalue weighted by molar-refractivity contribution is -0.122. The summed E-state index contributed by atoms with van der Waals surface area (Å²) in [6, 6.07) is 4.90. The fourth-order valence-corrected chi connectivity index (χ4v) is 4.89. The molecule has 1 aliphatic rings. The summed E-state index contributed by atoms with van der Waals surface area (Å²) < 4.78 is 35.8. The van der Waals surface area contributed by atoms with E-state index in [1.807, 2.05) is 0 Å². The van der Waals surface area contributed by atoms with Gasteiger partial charge in [-0.25, -0.2) is 12.8 Å². The molecule has 1 fully saturated rings. The third-order valence-electron chi connectivity index (χ3n) is 3.47. The van der Waals surface area contributed by atoms with E-state index >= 15 is 0 Å². The highest BCUT2D eigenvalue weighted by molar-refractivity contribution is 7.91. The van der Waals surface area contributed by atoms with E-state index in [1.165, 1.54) is 24.3 Å². The Balaban J connectivity index is 1.62. The fourth-order valence-electron chi connectivity index (χ4n) is 2.34. The van der Waals surface area contributed by atoms with Crippen LogP contribution >= 0.6 is 11.6 Å². The Labute approximate surface area is 141 Å². The first-order valence-electron chi connectivity index (χ1n) is 7.00. The Morgan fingerprint density at radius 2 is 2.04 bits per heavy atom. The van der Waals surface area contributed by atoms with E-state index in [1.54, 1.807) is 0 Å². The predicted octanol–water partition coefficient (Wildman–Crippen LogP) is -0.000200. The summed E-state index contributed by atoms with van der Waals surface area (Å²) in [7, 11) is -3.23. The van der Waals surface area contributed by atoms with Gasteiger partial charge in [0.05, 0.1) is 22.9 Å². The van der Waals surface area contributed by atoms with Crippen LogP contribution in [-0.4, -0.2) is 57.5 Å². The monoisotopic (exact) mass is 373 g/mol. The van der Waals surface area contributed by atoms with Crippen molar-refractivity contribution in [1.29, 1.82) is 0 Å². The number of rotatable bonds is 4. The van der Waals surface area contributed by atoms with Crippen molar-refractivity contribution in [3.05, 3.63) is 30.1 Å². The van der Waals surface area contributed by atoms with Gasteiger partial charge in [0.25, 0.3) is 0 Å². The first-order valence-corrected chi connectivity index (χ1v) is 9.26. The number of sulfone groups is 1. The molecule has 8 nitrogen and oxygen atoms in total. The van der Waals surface area contributed by atoms with Gasteiger partial charge in [-0.1, -0.05) is 0 Å². The van der Waals surface area contributed by atoms with Crippen LogP contribution in [0.2, 0.25) is 0 Å². The zero-order valence-electron chi connectivity index (χ0n) is 12.3. The lowest BCUT2D eigenvalue weighted by Crippen LogP contribution is -2.42. The zero-order valence-corrected chi connectivity index (χ0v) is 13.8. The Bertz CT molecular complexity index is 855. The summed E-state index contributed by atoms with van der Waals surface area (Å²) in [5.74, 6) is -0.936. The maximum atomic E-state index is 12.9. The van der Waals surface area contributed by atoms with Gasteiger partial charge in [-0.2, -0.15) is 4.80 Å². The number of amides is 1. The van der Waals surface area contributed by atoms with Gasteiger partial charge in [0.15, 0.2) is 9.84 Å². The average molecular weight is 374 g/mol. The number of benzene rings is 1. The second kappa shape index (κ2) is 6.44. The van der Waals surface area contributed by atoms with Crippen molar-refractivity contribution in [2.75, 3.05) is 11.5 Å². The first-order chi connectivity index (χ1) is 11.3. The fraction of sp³-hybridized carbons (Fsp3) is 0.385. The lowest BCUT2D eigenvalue weighted by Gasteiger charge is -2.13. The van der Waals surface area contributed by atoms with Crippen LogP contribution in [0.3, 0.4) is 0 Å². The highest BCUT2D eigenvalue weighted by atomic mass is 35.5. The van der Waals surface area contributed by atoms with Gasteiger partial charge in [-0.05, 0) is 29.5 Å². The molecule has 0 bridgehead atoms. The van der Waals surface area contributed by atoms with Crippen LogP contribution in [0.25, 0.3) is 11.4 Å². The molecule has 0 radical (unpaired) electrons. The lowest BCUT2D eigenvalue weighted by atomic mass is 10.2. The van der Waals surface area contributed by atoms with Gasteiger partial charge in [-0.3, -0.25) is 4.79 Å². The minimum atomic E-state index is -3.23. The number of nitrogens with zero attached hydrogens (tertiary/aromatic N) is 4. The van der Waals surface area contributed by atoms with E-state index in [2.05, 4.69) is 20.7 Å². The van der Waals surface area contributed by atoms with Crippen LogP contribution in [0.15, 0.2) is 24.3 Å². The molecule has 2 aromatic rings. The topological polar surface area (TPSA) is 107 Å². The van der Waals surface area contributed by atoms with Crippen LogP contribution in [0.5, 0.6) is 0 Å². The molecule has 2 heterocycles. The smallest absolute Gasteiger partial charge is 0.243 e. The van der Waals surface area contributed by atoms with Crippen molar-refractivity contribution in [3.63, 3.8) is 0 Å². The molecule has 1 amide bonds. The van der Waals surface area contributed by atoms with Gasteiger partial charge in [-0.15, -0.1) is 21.8 Å². The largest absolute Gasteiger partial charge is 0.349 e. The van der Waals surface area contributed by atoms with Gasteiger partial charge < -0.3 is 5.32 Å². The van der Waals surface area contributed by atoms with Gasteiger partial charge in [0.1, 0.15) is 12.4 Å². The molecular weight excluding hydrogens is 361 g/mol. The maximum Gasteiger partial charge on any atom is 0.243 e. The first kappa shape index (κ1) is 16.8. The van der Waals surface area contributed by atoms with Gasteiger partial charge in [0.2, 0.25) is 11.7 Å². The molecule has 1 aromatic heterocycles. The minimum Gasteiger partial charge on any atom is -0.349 e. The van der Waals surface area contributed by atoms with E-state index in [0.717, 1.165) is 4.80 Å². The van der Waals surface area contributed by atoms with Crippen LogP contribution in [0, 0.1) is 5.82 Å². The quantitative estimate of drug-likeness (QED) is 0.756. The normalized spacial score (nSPS) is 22.4. The van der Waals surface area contributed by atoms with Crippen molar-refractivity contribution in [3.8, 4) is 11.4 Å². The number of halogens is 2.